The summed E-state index contributed by atoms with van der Waals surface area (Å²) >= 11 is 0. The summed E-state index contributed by atoms with van der Waals surface area (Å²) in [5.74, 6) is 0.109. The van der Waals surface area contributed by atoms with Gasteiger partial charge in [0.25, 0.3) is 5.91 Å². The molecule has 0 atom stereocenters. The van der Waals surface area contributed by atoms with Crippen LogP contribution in [-0.4, -0.2) is 26.9 Å². The van der Waals surface area contributed by atoms with Crippen molar-refractivity contribution in [3.8, 4) is 11.3 Å². The summed E-state index contributed by atoms with van der Waals surface area (Å²) in [6.07, 6.45) is 12.2. The van der Waals surface area contributed by atoms with E-state index in [2.05, 4.69) is 33.5 Å². The third-order valence-electron chi connectivity index (χ3n) is 5.82. The van der Waals surface area contributed by atoms with E-state index in [0.717, 1.165) is 47.2 Å². The van der Waals surface area contributed by atoms with Crippen molar-refractivity contribution in [1.82, 2.24) is 20.3 Å². The van der Waals surface area contributed by atoms with Crippen molar-refractivity contribution in [1.29, 1.82) is 0 Å². The Labute approximate surface area is 187 Å². The standard InChI is InChI=1S/C27H24N4O/c32-27(31-24-11-12-24)20-9-7-19(8-10-20)26-21(4-3-15-30-26)16-25(22-5-1-13-28-17-22)23-6-2-14-29-18-23/h1-10,13-15,17-18,24-25H,11-12,16H2,(H,31,32). The molecule has 0 spiro atoms. The summed E-state index contributed by atoms with van der Waals surface area (Å²) in [7, 11) is 0. The highest BCUT2D eigenvalue weighted by Crippen LogP contribution is 2.31. The molecule has 1 N–H and O–H groups in total. The Balaban J connectivity index is 1.45. The minimum atomic E-state index is -0.00601. The van der Waals surface area contributed by atoms with E-state index in [0.29, 0.717) is 11.6 Å². The molecular weight excluding hydrogens is 396 g/mol. The second-order valence-corrected chi connectivity index (χ2v) is 8.17. The van der Waals surface area contributed by atoms with Gasteiger partial charge in [-0.15, -0.1) is 0 Å². The van der Waals surface area contributed by atoms with Crippen molar-refractivity contribution in [3.63, 3.8) is 0 Å². The highest BCUT2D eigenvalue weighted by atomic mass is 16.1. The summed E-state index contributed by atoms with van der Waals surface area (Å²) < 4.78 is 0. The van der Waals surface area contributed by atoms with Crippen molar-refractivity contribution in [2.75, 3.05) is 0 Å². The predicted octanol–water partition coefficient (Wildman–Crippen LogP) is 4.81. The van der Waals surface area contributed by atoms with Gasteiger partial charge >= 0.3 is 0 Å². The predicted molar refractivity (Wildman–Crippen MR) is 124 cm³/mol. The van der Waals surface area contributed by atoms with E-state index in [1.807, 2.05) is 61.1 Å². The monoisotopic (exact) mass is 420 g/mol. The molecule has 0 bridgehead atoms. The average Bonchev–Trinajstić information content (AvgIpc) is 3.68. The first-order valence-corrected chi connectivity index (χ1v) is 10.9. The van der Waals surface area contributed by atoms with Gasteiger partial charge in [0.1, 0.15) is 0 Å². The van der Waals surface area contributed by atoms with Crippen LogP contribution in [0.4, 0.5) is 0 Å². The molecule has 32 heavy (non-hydrogen) atoms. The van der Waals surface area contributed by atoms with E-state index in [-0.39, 0.29) is 11.8 Å². The van der Waals surface area contributed by atoms with Crippen molar-refractivity contribution in [2.24, 2.45) is 0 Å². The van der Waals surface area contributed by atoms with Crippen LogP contribution in [0.25, 0.3) is 11.3 Å². The van der Waals surface area contributed by atoms with Crippen molar-refractivity contribution >= 4 is 5.91 Å². The molecule has 1 aromatic carbocycles. The lowest BCUT2D eigenvalue weighted by Gasteiger charge is -2.19. The van der Waals surface area contributed by atoms with Gasteiger partial charge in [-0.3, -0.25) is 19.7 Å². The molecule has 5 nitrogen and oxygen atoms in total. The van der Waals surface area contributed by atoms with E-state index >= 15 is 0 Å². The van der Waals surface area contributed by atoms with Gasteiger partial charge < -0.3 is 5.32 Å². The van der Waals surface area contributed by atoms with Crippen LogP contribution in [0, 0.1) is 0 Å². The molecular formula is C27H24N4O. The third-order valence-corrected chi connectivity index (χ3v) is 5.82. The quantitative estimate of drug-likeness (QED) is 0.466. The second-order valence-electron chi connectivity index (χ2n) is 8.17. The molecule has 5 heteroatoms. The number of pyridine rings is 3. The lowest BCUT2D eigenvalue weighted by molar-refractivity contribution is 0.0951. The van der Waals surface area contributed by atoms with Gasteiger partial charge in [-0.2, -0.15) is 0 Å². The normalized spacial score (nSPS) is 13.2. The van der Waals surface area contributed by atoms with E-state index in [9.17, 15) is 4.79 Å². The van der Waals surface area contributed by atoms with Crippen LogP contribution in [0.2, 0.25) is 0 Å². The molecule has 5 rings (SSSR count). The highest BCUT2D eigenvalue weighted by molar-refractivity contribution is 5.95. The van der Waals surface area contributed by atoms with Gasteiger partial charge in [-0.25, -0.2) is 0 Å². The largest absolute Gasteiger partial charge is 0.349 e. The van der Waals surface area contributed by atoms with Crippen molar-refractivity contribution < 1.29 is 4.79 Å². The number of nitrogens with zero attached hydrogens (tertiary/aromatic N) is 3. The molecule has 0 saturated heterocycles. The Morgan fingerprint density at radius 2 is 1.53 bits per heavy atom. The number of carbonyl (C=O) groups excluding carboxylic acids is 1. The van der Waals surface area contributed by atoms with Crippen LogP contribution < -0.4 is 5.32 Å². The Kier molecular flexibility index (Phi) is 5.71. The molecule has 1 aliphatic carbocycles. The van der Waals surface area contributed by atoms with Crippen molar-refractivity contribution in [2.45, 2.75) is 31.2 Å². The molecule has 4 aromatic rings. The number of hydrogen-bond donors (Lipinski definition) is 1. The number of aromatic nitrogens is 3. The second kappa shape index (κ2) is 9.10. The summed E-state index contributed by atoms with van der Waals surface area (Å²) in [5, 5.41) is 3.04. The lowest BCUT2D eigenvalue weighted by atomic mass is 9.86. The fourth-order valence-corrected chi connectivity index (χ4v) is 3.95. The molecule has 1 aliphatic rings. The Bertz CT molecular complexity index is 1150. The van der Waals surface area contributed by atoms with Crippen LogP contribution in [0.3, 0.4) is 0 Å². The van der Waals surface area contributed by atoms with E-state index in [1.165, 1.54) is 0 Å². The zero-order chi connectivity index (χ0) is 21.8. The third kappa shape index (κ3) is 4.57. The van der Waals surface area contributed by atoms with Gasteiger partial charge in [0.05, 0.1) is 5.69 Å². The zero-order valence-corrected chi connectivity index (χ0v) is 17.7. The number of hydrogen-bond acceptors (Lipinski definition) is 4. The van der Waals surface area contributed by atoms with Crippen LogP contribution in [0.15, 0.2) is 91.6 Å². The fourth-order valence-electron chi connectivity index (χ4n) is 3.95. The molecule has 0 aliphatic heterocycles. The smallest absolute Gasteiger partial charge is 0.251 e. The number of amides is 1. The molecule has 3 heterocycles. The number of benzene rings is 1. The summed E-state index contributed by atoms with van der Waals surface area (Å²) in [5.41, 5.74) is 6.03. The van der Waals surface area contributed by atoms with Gasteiger partial charge in [0.2, 0.25) is 0 Å². The molecule has 0 unspecified atom stereocenters. The molecule has 3 aromatic heterocycles. The molecule has 1 saturated carbocycles. The number of nitrogens with one attached hydrogen (secondary N) is 1. The molecule has 1 amide bonds. The summed E-state index contributed by atoms with van der Waals surface area (Å²) in [6, 6.07) is 20.3. The summed E-state index contributed by atoms with van der Waals surface area (Å²) in [6.45, 7) is 0. The Morgan fingerprint density at radius 3 is 2.12 bits per heavy atom. The first-order valence-electron chi connectivity index (χ1n) is 10.9. The SMILES string of the molecule is O=C(NC1CC1)c1ccc(-c2ncccc2CC(c2cccnc2)c2cccnc2)cc1. The van der Waals surface area contributed by atoms with E-state index in [4.69, 9.17) is 4.98 Å². The molecule has 0 radical (unpaired) electrons. The minimum Gasteiger partial charge on any atom is -0.349 e. The Morgan fingerprint density at radius 1 is 0.875 bits per heavy atom. The zero-order valence-electron chi connectivity index (χ0n) is 17.7. The topological polar surface area (TPSA) is 67.8 Å². The maximum Gasteiger partial charge on any atom is 0.251 e. The lowest BCUT2D eigenvalue weighted by Crippen LogP contribution is -2.25. The van der Waals surface area contributed by atoms with Gasteiger partial charge in [-0.05, 0) is 66.3 Å². The van der Waals surface area contributed by atoms with Crippen molar-refractivity contribution in [3.05, 3.63) is 114 Å². The number of carbonyl (C=O) groups is 1. The van der Waals surface area contributed by atoms with Gasteiger partial charge in [0.15, 0.2) is 0 Å². The van der Waals surface area contributed by atoms with Crippen LogP contribution >= 0.6 is 0 Å². The van der Waals surface area contributed by atoms with E-state index < -0.39 is 0 Å². The first kappa shape index (κ1) is 20.1. The van der Waals surface area contributed by atoms with Crippen LogP contribution in [-0.2, 0) is 6.42 Å². The van der Waals surface area contributed by atoms with Crippen LogP contribution in [0.1, 0.15) is 45.8 Å². The Hall–Kier alpha value is -3.86. The van der Waals surface area contributed by atoms with Crippen LogP contribution in [0.5, 0.6) is 0 Å². The van der Waals surface area contributed by atoms with E-state index in [1.54, 1.807) is 12.4 Å². The molecule has 158 valence electrons. The summed E-state index contributed by atoms with van der Waals surface area (Å²) in [4.78, 5) is 25.7. The average molecular weight is 421 g/mol. The highest BCUT2D eigenvalue weighted by Gasteiger charge is 2.24. The number of rotatable bonds is 7. The fraction of sp³-hybridized carbons (Fsp3) is 0.185. The minimum absolute atomic E-state index is 0.00601. The molecule has 1 fully saturated rings. The maximum atomic E-state index is 12.3. The van der Waals surface area contributed by atoms with Gasteiger partial charge in [0, 0.05) is 54.1 Å². The first-order chi connectivity index (χ1) is 15.8. The maximum absolute atomic E-state index is 12.3. The van der Waals surface area contributed by atoms with Gasteiger partial charge in [-0.1, -0.05) is 30.3 Å².